The van der Waals surface area contributed by atoms with Gasteiger partial charge in [0, 0.05) is 19.5 Å². The SMILES string of the molecule is CCCC(CNC(=O)OCC1c2ccccc2-c2ccccc21)C(=O)Nc1cnn(C)c1C(=O)O. The second kappa shape index (κ2) is 10.4. The van der Waals surface area contributed by atoms with E-state index in [0.717, 1.165) is 22.3 Å². The number of ether oxygens (including phenoxy) is 1. The fourth-order valence-corrected chi connectivity index (χ4v) is 4.55. The molecule has 1 aromatic heterocycles. The minimum absolute atomic E-state index is 0.0529. The lowest BCUT2D eigenvalue weighted by Crippen LogP contribution is -2.36. The lowest BCUT2D eigenvalue weighted by Gasteiger charge is -2.18. The summed E-state index contributed by atoms with van der Waals surface area (Å²) in [4.78, 5) is 36.8. The van der Waals surface area contributed by atoms with E-state index in [1.54, 1.807) is 0 Å². The van der Waals surface area contributed by atoms with Gasteiger partial charge in [0.05, 0.1) is 17.8 Å². The Labute approximate surface area is 203 Å². The second-order valence-corrected chi connectivity index (χ2v) is 8.52. The number of benzene rings is 2. The first-order chi connectivity index (χ1) is 16.9. The number of nitrogens with zero attached hydrogens (tertiary/aromatic N) is 2. The minimum Gasteiger partial charge on any atom is -0.476 e. The highest BCUT2D eigenvalue weighted by Crippen LogP contribution is 2.44. The summed E-state index contributed by atoms with van der Waals surface area (Å²) in [5.41, 5.74) is 4.54. The number of rotatable bonds is 9. The lowest BCUT2D eigenvalue weighted by molar-refractivity contribution is -0.119. The number of fused-ring (bicyclic) bond motifs is 3. The van der Waals surface area contributed by atoms with Gasteiger partial charge in [-0.1, -0.05) is 61.9 Å². The van der Waals surface area contributed by atoms with Crippen molar-refractivity contribution in [3.05, 3.63) is 71.5 Å². The van der Waals surface area contributed by atoms with Gasteiger partial charge in [0.2, 0.25) is 5.91 Å². The van der Waals surface area contributed by atoms with Gasteiger partial charge in [-0.15, -0.1) is 0 Å². The first kappa shape index (κ1) is 24.0. The molecule has 1 aliphatic carbocycles. The van der Waals surface area contributed by atoms with E-state index < -0.39 is 18.0 Å². The fourth-order valence-electron chi connectivity index (χ4n) is 4.55. The third-order valence-corrected chi connectivity index (χ3v) is 6.24. The van der Waals surface area contributed by atoms with Crippen LogP contribution in [0.3, 0.4) is 0 Å². The van der Waals surface area contributed by atoms with E-state index in [1.807, 2.05) is 43.3 Å². The average Bonchev–Trinajstić information content (AvgIpc) is 3.37. The molecule has 2 aromatic carbocycles. The smallest absolute Gasteiger partial charge is 0.407 e. The number of carboxylic acid groups (broad SMARTS) is 1. The van der Waals surface area contributed by atoms with Crippen molar-refractivity contribution in [3.63, 3.8) is 0 Å². The molecule has 4 rings (SSSR count). The number of alkyl carbamates (subject to hydrolysis) is 1. The standard InChI is InChI=1S/C26H28N4O5/c1-3-8-16(24(31)29-22-14-28-30(2)23(22)25(32)33)13-27-26(34)35-15-21-19-11-6-4-9-17(19)18-10-5-7-12-20(18)21/h4-7,9-12,14,16,21H,3,8,13,15H2,1-2H3,(H,27,34)(H,29,31)(H,32,33). The van der Waals surface area contributed by atoms with Crippen molar-refractivity contribution < 1.29 is 24.2 Å². The summed E-state index contributed by atoms with van der Waals surface area (Å²) >= 11 is 0. The summed E-state index contributed by atoms with van der Waals surface area (Å²) in [5, 5.41) is 18.6. The average molecular weight is 477 g/mol. The number of aromatic carboxylic acids is 1. The van der Waals surface area contributed by atoms with Crippen LogP contribution in [-0.2, 0) is 16.6 Å². The summed E-state index contributed by atoms with van der Waals surface area (Å²) in [6.07, 6.45) is 1.92. The predicted octanol–water partition coefficient (Wildman–Crippen LogP) is 4.01. The van der Waals surface area contributed by atoms with Crippen LogP contribution in [0.15, 0.2) is 54.7 Å². The maximum absolute atomic E-state index is 12.8. The van der Waals surface area contributed by atoms with E-state index in [-0.39, 0.29) is 36.4 Å². The fraction of sp³-hybridized carbons (Fsp3) is 0.308. The Morgan fingerprint density at radius 2 is 1.71 bits per heavy atom. The quantitative estimate of drug-likeness (QED) is 0.429. The molecule has 9 heteroatoms. The van der Waals surface area contributed by atoms with Gasteiger partial charge < -0.3 is 20.5 Å². The normalized spacial score (nSPS) is 13.0. The van der Waals surface area contributed by atoms with Gasteiger partial charge in [0.25, 0.3) is 0 Å². The first-order valence-electron chi connectivity index (χ1n) is 11.6. The molecule has 182 valence electrons. The van der Waals surface area contributed by atoms with Crippen LogP contribution >= 0.6 is 0 Å². The zero-order valence-corrected chi connectivity index (χ0v) is 19.7. The van der Waals surface area contributed by atoms with Crippen LogP contribution in [0.5, 0.6) is 0 Å². The highest BCUT2D eigenvalue weighted by atomic mass is 16.5. The summed E-state index contributed by atoms with van der Waals surface area (Å²) < 4.78 is 6.73. The van der Waals surface area contributed by atoms with E-state index in [0.29, 0.717) is 12.8 Å². The van der Waals surface area contributed by atoms with Gasteiger partial charge in [-0.3, -0.25) is 9.48 Å². The number of carboxylic acids is 1. The summed E-state index contributed by atoms with van der Waals surface area (Å²) in [5.74, 6) is -2.18. The van der Waals surface area contributed by atoms with Crippen LogP contribution in [0.25, 0.3) is 11.1 Å². The Bertz CT molecular complexity index is 1210. The van der Waals surface area contributed by atoms with Crippen molar-refractivity contribution in [2.24, 2.45) is 13.0 Å². The molecule has 0 fully saturated rings. The van der Waals surface area contributed by atoms with E-state index in [9.17, 15) is 19.5 Å². The monoisotopic (exact) mass is 476 g/mol. The number of amides is 2. The third-order valence-electron chi connectivity index (χ3n) is 6.24. The number of hydrogen-bond acceptors (Lipinski definition) is 5. The summed E-state index contributed by atoms with van der Waals surface area (Å²) in [6.45, 7) is 2.18. The third kappa shape index (κ3) is 5.03. The topological polar surface area (TPSA) is 123 Å². The molecule has 3 N–H and O–H groups in total. The minimum atomic E-state index is -1.19. The van der Waals surface area contributed by atoms with E-state index in [2.05, 4.69) is 27.9 Å². The van der Waals surface area contributed by atoms with Gasteiger partial charge in [-0.05, 0) is 28.7 Å². The number of aryl methyl sites for hydroxylation is 1. The summed E-state index contributed by atoms with van der Waals surface area (Å²) in [7, 11) is 1.49. The molecular weight excluding hydrogens is 448 g/mol. The molecule has 1 aliphatic rings. The van der Waals surface area contributed by atoms with Crippen LogP contribution < -0.4 is 10.6 Å². The molecule has 0 radical (unpaired) electrons. The van der Waals surface area contributed by atoms with E-state index >= 15 is 0 Å². The number of nitrogens with one attached hydrogen (secondary N) is 2. The van der Waals surface area contributed by atoms with Crippen molar-refractivity contribution in [2.45, 2.75) is 25.7 Å². The van der Waals surface area contributed by atoms with Crippen LogP contribution in [-0.4, -0.2) is 46.0 Å². The van der Waals surface area contributed by atoms with Crippen LogP contribution in [0.2, 0.25) is 0 Å². The molecule has 1 atom stereocenters. The predicted molar refractivity (Wildman–Crippen MR) is 130 cm³/mol. The molecule has 0 aliphatic heterocycles. The molecule has 3 aromatic rings. The Morgan fingerprint density at radius 1 is 1.09 bits per heavy atom. The van der Waals surface area contributed by atoms with E-state index in [4.69, 9.17) is 4.74 Å². The maximum Gasteiger partial charge on any atom is 0.407 e. The van der Waals surface area contributed by atoms with Crippen molar-refractivity contribution in [3.8, 4) is 11.1 Å². The maximum atomic E-state index is 12.8. The van der Waals surface area contributed by atoms with E-state index in [1.165, 1.54) is 17.9 Å². The van der Waals surface area contributed by atoms with Gasteiger partial charge in [0.1, 0.15) is 6.61 Å². The van der Waals surface area contributed by atoms with Gasteiger partial charge in [0.15, 0.2) is 5.69 Å². The molecule has 0 saturated heterocycles. The van der Waals surface area contributed by atoms with Crippen molar-refractivity contribution >= 4 is 23.7 Å². The molecule has 0 spiro atoms. The number of anilines is 1. The van der Waals surface area contributed by atoms with Crippen molar-refractivity contribution in [1.82, 2.24) is 15.1 Å². The van der Waals surface area contributed by atoms with Crippen molar-refractivity contribution in [2.75, 3.05) is 18.5 Å². The Kier molecular flexibility index (Phi) is 7.14. The van der Waals surface area contributed by atoms with Crippen LogP contribution in [0.4, 0.5) is 10.5 Å². The largest absolute Gasteiger partial charge is 0.476 e. The Morgan fingerprint density at radius 3 is 2.31 bits per heavy atom. The number of aromatic nitrogens is 2. The van der Waals surface area contributed by atoms with Gasteiger partial charge in [-0.25, -0.2) is 9.59 Å². The molecule has 2 amide bonds. The zero-order valence-electron chi connectivity index (χ0n) is 19.7. The lowest BCUT2D eigenvalue weighted by atomic mass is 9.98. The van der Waals surface area contributed by atoms with Crippen LogP contribution in [0, 0.1) is 5.92 Å². The second-order valence-electron chi connectivity index (χ2n) is 8.52. The Hall–Kier alpha value is -4.14. The molecule has 1 unspecified atom stereocenters. The zero-order chi connectivity index (χ0) is 24.9. The molecular formula is C26H28N4O5. The highest BCUT2D eigenvalue weighted by molar-refractivity contribution is 6.00. The van der Waals surface area contributed by atoms with Crippen molar-refractivity contribution in [1.29, 1.82) is 0 Å². The molecule has 0 bridgehead atoms. The number of hydrogen-bond donors (Lipinski definition) is 3. The molecule has 0 saturated carbocycles. The number of carbonyl (C=O) groups excluding carboxylic acids is 2. The molecule has 9 nitrogen and oxygen atoms in total. The number of carbonyl (C=O) groups is 3. The molecule has 35 heavy (non-hydrogen) atoms. The summed E-state index contributed by atoms with van der Waals surface area (Å²) in [6, 6.07) is 16.2. The Balaban J connectivity index is 1.36. The highest BCUT2D eigenvalue weighted by Gasteiger charge is 2.29. The van der Waals surface area contributed by atoms with Gasteiger partial charge in [-0.2, -0.15) is 5.10 Å². The van der Waals surface area contributed by atoms with Crippen LogP contribution in [0.1, 0.15) is 47.3 Å². The van der Waals surface area contributed by atoms with Gasteiger partial charge >= 0.3 is 12.1 Å². The first-order valence-corrected chi connectivity index (χ1v) is 11.6. The molecule has 1 heterocycles.